The molecule has 1 atom stereocenters. The van der Waals surface area contributed by atoms with Crippen LogP contribution in [0.15, 0.2) is 12.1 Å². The van der Waals surface area contributed by atoms with Crippen LogP contribution in [0.2, 0.25) is 0 Å². The van der Waals surface area contributed by atoms with Gasteiger partial charge in [-0.3, -0.25) is 9.59 Å². The van der Waals surface area contributed by atoms with E-state index in [1.54, 1.807) is 6.07 Å². The van der Waals surface area contributed by atoms with Crippen LogP contribution in [-0.4, -0.2) is 73.0 Å². The van der Waals surface area contributed by atoms with Gasteiger partial charge < -0.3 is 25.6 Å². The van der Waals surface area contributed by atoms with Crippen LogP contribution in [0.4, 0.5) is 14.5 Å². The Balaban J connectivity index is 1.54. The number of amides is 2. The molecule has 2 saturated heterocycles. The predicted molar refractivity (Wildman–Crippen MR) is 106 cm³/mol. The van der Waals surface area contributed by atoms with Gasteiger partial charge in [0, 0.05) is 6.54 Å². The maximum absolute atomic E-state index is 13.3. The molecule has 3 N–H and O–H groups in total. The molecule has 164 valence electrons. The maximum Gasteiger partial charge on any atom is 0.282 e. The second kappa shape index (κ2) is 7.64. The van der Waals surface area contributed by atoms with Crippen LogP contribution in [-0.2, 0) is 4.79 Å². The molecule has 0 bridgehead atoms. The number of alkyl halides is 2. The van der Waals surface area contributed by atoms with E-state index in [2.05, 4.69) is 10.3 Å². The minimum absolute atomic E-state index is 0.0608. The molecule has 0 radical (unpaired) electrons. The molecule has 3 heterocycles. The minimum Gasteiger partial charge on any atom is -0.476 e. The summed E-state index contributed by atoms with van der Waals surface area (Å²) in [5.41, 5.74) is 4.96. The first-order valence-corrected chi connectivity index (χ1v) is 10.3. The summed E-state index contributed by atoms with van der Waals surface area (Å²) in [6.07, 6.45) is 3.30. The lowest BCUT2D eigenvalue weighted by Gasteiger charge is -2.41. The Bertz CT molecular complexity index is 840. The average molecular weight is 423 g/mol. The standard InChI is InChI=1S/C20H27F2N5O3/c1-26-8-2-7-19(10-26,18(23)29)25-16(28)14-5-6-15(27-11-20(21,22)12-27)17(24-14)30-9-13-3-4-13/h5-6,13H,2-4,7-12H2,1H3,(H2,23,29)(H,25,28). The number of primary amides is 1. The lowest BCUT2D eigenvalue weighted by atomic mass is 9.88. The van der Waals surface area contributed by atoms with Crippen molar-refractivity contribution < 1.29 is 23.1 Å². The van der Waals surface area contributed by atoms with E-state index in [9.17, 15) is 18.4 Å². The zero-order valence-electron chi connectivity index (χ0n) is 17.0. The first-order valence-electron chi connectivity index (χ1n) is 10.3. The molecule has 1 aromatic rings. The summed E-state index contributed by atoms with van der Waals surface area (Å²) < 4.78 is 32.4. The van der Waals surface area contributed by atoms with Gasteiger partial charge in [0.25, 0.3) is 11.8 Å². The molecule has 3 fully saturated rings. The number of halogens is 2. The molecule has 1 saturated carbocycles. The number of hydrogen-bond donors (Lipinski definition) is 2. The molecule has 1 unspecified atom stereocenters. The summed E-state index contributed by atoms with van der Waals surface area (Å²) in [7, 11) is 1.86. The van der Waals surface area contributed by atoms with Crippen LogP contribution in [0.1, 0.15) is 36.2 Å². The fourth-order valence-corrected chi connectivity index (χ4v) is 3.99. The Morgan fingerprint density at radius 3 is 2.63 bits per heavy atom. The van der Waals surface area contributed by atoms with Crippen molar-refractivity contribution in [2.24, 2.45) is 11.7 Å². The van der Waals surface area contributed by atoms with Gasteiger partial charge in [0.2, 0.25) is 11.8 Å². The number of nitrogens with zero attached hydrogens (tertiary/aromatic N) is 3. The number of piperidine rings is 1. The van der Waals surface area contributed by atoms with Crippen LogP contribution >= 0.6 is 0 Å². The Kier molecular flexibility index (Phi) is 5.29. The lowest BCUT2D eigenvalue weighted by Crippen LogP contribution is -2.64. The molecule has 1 aliphatic carbocycles. The normalized spacial score (nSPS) is 26.0. The highest BCUT2D eigenvalue weighted by atomic mass is 19.3. The van der Waals surface area contributed by atoms with Gasteiger partial charge in [-0.15, -0.1) is 0 Å². The number of likely N-dealkylation sites (N-methyl/N-ethyl adjacent to an activating group) is 1. The summed E-state index contributed by atoms with van der Waals surface area (Å²) >= 11 is 0. The van der Waals surface area contributed by atoms with Crippen molar-refractivity contribution in [3.63, 3.8) is 0 Å². The molecule has 10 heteroatoms. The first kappa shape index (κ1) is 20.8. The van der Waals surface area contributed by atoms with Gasteiger partial charge in [0.15, 0.2) is 0 Å². The Morgan fingerprint density at radius 2 is 2.03 bits per heavy atom. The number of nitrogens with one attached hydrogen (secondary N) is 1. The number of ether oxygens (including phenoxy) is 1. The van der Waals surface area contributed by atoms with Crippen LogP contribution in [0.25, 0.3) is 0 Å². The van der Waals surface area contributed by atoms with Gasteiger partial charge in [0.05, 0.1) is 19.7 Å². The summed E-state index contributed by atoms with van der Waals surface area (Å²) in [6, 6.07) is 3.04. The molecular weight excluding hydrogens is 396 g/mol. The van der Waals surface area contributed by atoms with Gasteiger partial charge in [0.1, 0.15) is 16.9 Å². The number of aromatic nitrogens is 1. The van der Waals surface area contributed by atoms with Crippen molar-refractivity contribution in [3.8, 4) is 5.88 Å². The van der Waals surface area contributed by atoms with Crippen molar-refractivity contribution in [3.05, 3.63) is 17.8 Å². The van der Waals surface area contributed by atoms with Crippen molar-refractivity contribution in [2.45, 2.75) is 37.1 Å². The SMILES string of the molecule is CN1CCCC(NC(=O)c2ccc(N3CC(F)(F)C3)c(OCC3CC3)n2)(C(N)=O)C1. The number of pyridine rings is 1. The van der Waals surface area contributed by atoms with Gasteiger partial charge in [-0.2, -0.15) is 0 Å². The Labute approximate surface area is 173 Å². The van der Waals surface area contributed by atoms with Gasteiger partial charge >= 0.3 is 0 Å². The van der Waals surface area contributed by atoms with E-state index in [-0.39, 0.29) is 11.6 Å². The summed E-state index contributed by atoms with van der Waals surface area (Å²) in [4.78, 5) is 32.8. The highest BCUT2D eigenvalue weighted by molar-refractivity contribution is 5.98. The quantitative estimate of drug-likeness (QED) is 0.679. The van der Waals surface area contributed by atoms with Crippen molar-refractivity contribution >= 4 is 17.5 Å². The molecule has 2 aliphatic heterocycles. The number of likely N-dealkylation sites (tertiary alicyclic amines) is 1. The van der Waals surface area contributed by atoms with Crippen LogP contribution in [0, 0.1) is 5.92 Å². The van der Waals surface area contributed by atoms with E-state index in [1.807, 2.05) is 11.9 Å². The average Bonchev–Trinajstić information content (AvgIpc) is 3.48. The second-order valence-corrected chi connectivity index (χ2v) is 8.73. The third kappa shape index (κ3) is 4.33. The van der Waals surface area contributed by atoms with Crippen LogP contribution in [0.5, 0.6) is 5.88 Å². The number of anilines is 1. The highest BCUT2D eigenvalue weighted by Crippen LogP contribution is 2.38. The second-order valence-electron chi connectivity index (χ2n) is 8.73. The fraction of sp³-hybridized carbons (Fsp3) is 0.650. The molecule has 4 rings (SSSR count). The third-order valence-corrected chi connectivity index (χ3v) is 5.92. The zero-order valence-corrected chi connectivity index (χ0v) is 17.0. The molecule has 0 aromatic carbocycles. The minimum atomic E-state index is -2.73. The maximum atomic E-state index is 13.3. The Hall–Kier alpha value is -2.49. The number of carbonyl (C=O) groups is 2. The molecule has 30 heavy (non-hydrogen) atoms. The third-order valence-electron chi connectivity index (χ3n) is 5.92. The summed E-state index contributed by atoms with van der Waals surface area (Å²) in [5, 5.41) is 2.77. The topological polar surface area (TPSA) is 101 Å². The molecule has 0 spiro atoms. The predicted octanol–water partition coefficient (Wildman–Crippen LogP) is 1.01. The van der Waals surface area contributed by atoms with Crippen molar-refractivity contribution in [1.82, 2.24) is 15.2 Å². The number of nitrogens with two attached hydrogens (primary N) is 1. The molecule has 3 aliphatic rings. The van der Waals surface area contributed by atoms with Crippen molar-refractivity contribution in [2.75, 3.05) is 44.7 Å². The summed E-state index contributed by atoms with van der Waals surface area (Å²) in [6.45, 7) is 0.761. The first-order chi connectivity index (χ1) is 14.2. The monoisotopic (exact) mass is 423 g/mol. The van der Waals surface area contributed by atoms with E-state index >= 15 is 0 Å². The van der Waals surface area contributed by atoms with Crippen molar-refractivity contribution in [1.29, 1.82) is 0 Å². The highest BCUT2D eigenvalue weighted by Gasteiger charge is 2.45. The van der Waals surface area contributed by atoms with E-state index in [0.717, 1.165) is 25.8 Å². The summed E-state index contributed by atoms with van der Waals surface area (Å²) in [5.74, 6) is -3.26. The molecular formula is C20H27F2N5O3. The number of hydrogen-bond acceptors (Lipinski definition) is 6. The molecule has 8 nitrogen and oxygen atoms in total. The largest absolute Gasteiger partial charge is 0.476 e. The van der Waals surface area contributed by atoms with E-state index in [4.69, 9.17) is 10.5 Å². The Morgan fingerprint density at radius 1 is 1.30 bits per heavy atom. The van der Waals surface area contributed by atoms with E-state index in [1.165, 1.54) is 11.0 Å². The van der Waals surface area contributed by atoms with Gasteiger partial charge in [-0.05, 0) is 57.3 Å². The van der Waals surface area contributed by atoms with Gasteiger partial charge in [-0.25, -0.2) is 13.8 Å². The smallest absolute Gasteiger partial charge is 0.282 e. The van der Waals surface area contributed by atoms with Crippen LogP contribution < -0.4 is 20.7 Å². The van der Waals surface area contributed by atoms with E-state index in [0.29, 0.717) is 31.2 Å². The lowest BCUT2D eigenvalue weighted by molar-refractivity contribution is -0.126. The molecule has 2 amide bonds. The fourth-order valence-electron chi connectivity index (χ4n) is 3.99. The zero-order chi connectivity index (χ0) is 21.5. The van der Waals surface area contributed by atoms with Crippen LogP contribution in [0.3, 0.4) is 0 Å². The van der Waals surface area contributed by atoms with E-state index < -0.39 is 36.4 Å². The number of carbonyl (C=O) groups excluding carboxylic acids is 2. The molecule has 1 aromatic heterocycles. The number of rotatable bonds is 7. The van der Waals surface area contributed by atoms with Gasteiger partial charge in [-0.1, -0.05) is 0 Å².